The van der Waals surface area contributed by atoms with Gasteiger partial charge in [-0.3, -0.25) is 0 Å². The van der Waals surface area contributed by atoms with Gasteiger partial charge in [0.15, 0.2) is 16.9 Å². The van der Waals surface area contributed by atoms with Gasteiger partial charge in [0.25, 0.3) is 0 Å². The number of rotatable bonds is 8. The van der Waals surface area contributed by atoms with Crippen LogP contribution in [0.2, 0.25) is 0 Å². The molecule has 0 aliphatic rings. The minimum atomic E-state index is -4.68. The Morgan fingerprint density at radius 2 is 1.58 bits per heavy atom. The molecule has 0 aliphatic heterocycles. The molecule has 3 nitrogen and oxygen atoms in total. The number of alkyl halides is 4. The van der Waals surface area contributed by atoms with E-state index in [1.54, 1.807) is 30.3 Å². The van der Waals surface area contributed by atoms with Crippen molar-refractivity contribution in [3.63, 3.8) is 0 Å². The highest BCUT2D eigenvalue weighted by molar-refractivity contribution is 6.21. The number of hydrogen-bond donors (Lipinski definition) is 0. The zero-order valence-electron chi connectivity index (χ0n) is 16.4. The fourth-order valence-electron chi connectivity index (χ4n) is 2.83. The minimum absolute atomic E-state index is 0.0634. The highest BCUT2D eigenvalue weighted by Gasteiger charge is 2.44. The molecule has 0 bridgehead atoms. The molecule has 0 aliphatic carbocycles. The summed E-state index contributed by atoms with van der Waals surface area (Å²) in [6.07, 6.45) is -6.16. The molecule has 0 aromatic heterocycles. The van der Waals surface area contributed by atoms with Crippen LogP contribution in [0.5, 0.6) is 17.2 Å². The summed E-state index contributed by atoms with van der Waals surface area (Å²) < 4.78 is 70.2. The summed E-state index contributed by atoms with van der Waals surface area (Å²) in [6.45, 7) is -0.235. The van der Waals surface area contributed by atoms with Crippen molar-refractivity contribution >= 4 is 11.6 Å². The molecular weight excluding hydrogens is 436 g/mol. The molecule has 0 saturated heterocycles. The molecule has 0 heterocycles. The zero-order chi connectivity index (χ0) is 22.4. The molecular formula is C23H19ClF4O3. The summed E-state index contributed by atoms with van der Waals surface area (Å²) in [5.74, 6) is 0.242. The average Bonchev–Trinajstić information content (AvgIpc) is 2.76. The average molecular weight is 455 g/mol. The summed E-state index contributed by atoms with van der Waals surface area (Å²) in [4.78, 5) is 0. The Morgan fingerprint density at radius 3 is 2.19 bits per heavy atom. The van der Waals surface area contributed by atoms with Gasteiger partial charge >= 0.3 is 6.18 Å². The monoisotopic (exact) mass is 454 g/mol. The number of halogens is 5. The van der Waals surface area contributed by atoms with E-state index in [1.165, 1.54) is 49.6 Å². The third-order valence-corrected chi connectivity index (χ3v) is 4.90. The fourth-order valence-corrected chi connectivity index (χ4v) is 3.05. The van der Waals surface area contributed by atoms with Gasteiger partial charge < -0.3 is 14.2 Å². The molecule has 3 aromatic rings. The van der Waals surface area contributed by atoms with Crippen molar-refractivity contribution in [3.05, 3.63) is 89.7 Å². The first-order chi connectivity index (χ1) is 14.8. The Balaban J connectivity index is 1.79. The molecule has 0 amide bonds. The Morgan fingerprint density at radius 1 is 0.903 bits per heavy atom. The van der Waals surface area contributed by atoms with Gasteiger partial charge in [0.1, 0.15) is 17.6 Å². The van der Waals surface area contributed by atoms with Gasteiger partial charge in [-0.1, -0.05) is 36.4 Å². The molecule has 3 rings (SSSR count). The second-order valence-corrected chi connectivity index (χ2v) is 7.10. The first kappa shape index (κ1) is 22.9. The Kier molecular flexibility index (Phi) is 7.41. The van der Waals surface area contributed by atoms with E-state index in [4.69, 9.17) is 25.8 Å². The SMILES string of the molecule is COc1ccc(C(OCc2ccc(F)c(Oc3ccccc3)c2)C(Cl)C(F)(F)F)cc1. The second-order valence-electron chi connectivity index (χ2n) is 6.63. The van der Waals surface area contributed by atoms with Crippen LogP contribution in [0, 0.1) is 5.82 Å². The highest BCUT2D eigenvalue weighted by atomic mass is 35.5. The molecule has 8 heteroatoms. The Bertz CT molecular complexity index is 978. The van der Waals surface area contributed by atoms with Crippen LogP contribution in [0.15, 0.2) is 72.8 Å². The third kappa shape index (κ3) is 6.12. The predicted octanol–water partition coefficient (Wildman–Crippen LogP) is 7.05. The summed E-state index contributed by atoms with van der Waals surface area (Å²) in [6, 6.07) is 18.5. The second kappa shape index (κ2) is 10.0. The van der Waals surface area contributed by atoms with Crippen LogP contribution in [0.25, 0.3) is 0 Å². The van der Waals surface area contributed by atoms with E-state index in [9.17, 15) is 17.6 Å². The molecule has 0 radical (unpaired) electrons. The summed E-state index contributed by atoms with van der Waals surface area (Å²) in [5, 5.41) is -2.28. The molecule has 0 saturated carbocycles. The third-order valence-electron chi connectivity index (χ3n) is 4.42. The van der Waals surface area contributed by atoms with Crippen LogP contribution in [0.1, 0.15) is 17.2 Å². The standard InChI is InChI=1S/C23H19ClF4O3/c1-29-17-10-8-16(9-11-17)21(22(24)23(26,27)28)30-14-15-7-12-19(25)20(13-15)31-18-5-3-2-4-6-18/h2-13,21-22H,14H2,1H3. The molecule has 3 aromatic carbocycles. The lowest BCUT2D eigenvalue weighted by Crippen LogP contribution is -2.31. The van der Waals surface area contributed by atoms with Crippen LogP contribution in [-0.4, -0.2) is 18.7 Å². The van der Waals surface area contributed by atoms with E-state index in [1.807, 2.05) is 0 Å². The molecule has 0 N–H and O–H groups in total. The molecule has 2 unspecified atom stereocenters. The first-order valence-electron chi connectivity index (χ1n) is 9.25. The van der Waals surface area contributed by atoms with Gasteiger partial charge in [-0.15, -0.1) is 11.6 Å². The summed E-state index contributed by atoms with van der Waals surface area (Å²) >= 11 is 5.70. The van der Waals surface area contributed by atoms with E-state index < -0.39 is 23.5 Å². The minimum Gasteiger partial charge on any atom is -0.497 e. The quantitative estimate of drug-likeness (QED) is 0.269. The maximum Gasteiger partial charge on any atom is 0.407 e. The smallest absolute Gasteiger partial charge is 0.407 e. The lowest BCUT2D eigenvalue weighted by atomic mass is 10.1. The van der Waals surface area contributed by atoms with Gasteiger partial charge in [0.2, 0.25) is 0 Å². The fraction of sp³-hybridized carbons (Fsp3) is 0.217. The van der Waals surface area contributed by atoms with Crippen molar-refractivity contribution in [3.8, 4) is 17.2 Å². The number of ether oxygens (including phenoxy) is 3. The summed E-state index contributed by atoms with van der Waals surface area (Å²) in [7, 11) is 1.45. The Hall–Kier alpha value is -2.77. The maximum atomic E-state index is 14.1. The van der Waals surface area contributed by atoms with Crippen molar-refractivity contribution in [1.29, 1.82) is 0 Å². The summed E-state index contributed by atoms with van der Waals surface area (Å²) in [5.41, 5.74) is 0.665. The van der Waals surface area contributed by atoms with Crippen LogP contribution >= 0.6 is 11.6 Å². The molecule has 31 heavy (non-hydrogen) atoms. The van der Waals surface area contributed by atoms with Crippen molar-refractivity contribution in [2.45, 2.75) is 24.3 Å². The van der Waals surface area contributed by atoms with Crippen molar-refractivity contribution < 1.29 is 31.8 Å². The maximum absolute atomic E-state index is 14.1. The molecule has 164 valence electrons. The lowest BCUT2D eigenvalue weighted by Gasteiger charge is -2.25. The van der Waals surface area contributed by atoms with Crippen molar-refractivity contribution in [1.82, 2.24) is 0 Å². The number of para-hydroxylation sites is 1. The van der Waals surface area contributed by atoms with Crippen LogP contribution in [-0.2, 0) is 11.3 Å². The predicted molar refractivity (Wildman–Crippen MR) is 109 cm³/mol. The van der Waals surface area contributed by atoms with Crippen LogP contribution in [0.3, 0.4) is 0 Å². The number of hydrogen-bond acceptors (Lipinski definition) is 3. The largest absolute Gasteiger partial charge is 0.497 e. The van der Waals surface area contributed by atoms with Crippen molar-refractivity contribution in [2.75, 3.05) is 7.11 Å². The van der Waals surface area contributed by atoms with E-state index in [-0.39, 0.29) is 17.9 Å². The highest BCUT2D eigenvalue weighted by Crippen LogP contribution is 2.38. The molecule has 0 fully saturated rings. The van der Waals surface area contributed by atoms with Crippen molar-refractivity contribution in [2.24, 2.45) is 0 Å². The van der Waals surface area contributed by atoms with Gasteiger partial charge in [-0.25, -0.2) is 4.39 Å². The molecule has 0 spiro atoms. The number of methoxy groups -OCH3 is 1. The number of benzene rings is 3. The first-order valence-corrected chi connectivity index (χ1v) is 9.69. The van der Waals surface area contributed by atoms with E-state index in [0.717, 1.165) is 0 Å². The topological polar surface area (TPSA) is 27.7 Å². The van der Waals surface area contributed by atoms with E-state index >= 15 is 0 Å². The molecule has 2 atom stereocenters. The van der Waals surface area contributed by atoms with E-state index in [0.29, 0.717) is 17.1 Å². The van der Waals surface area contributed by atoms with Crippen LogP contribution < -0.4 is 9.47 Å². The lowest BCUT2D eigenvalue weighted by molar-refractivity contribution is -0.158. The van der Waals surface area contributed by atoms with Crippen LogP contribution in [0.4, 0.5) is 17.6 Å². The van der Waals surface area contributed by atoms with E-state index in [2.05, 4.69) is 0 Å². The Labute approximate surface area is 182 Å². The van der Waals surface area contributed by atoms with Gasteiger partial charge in [-0.05, 0) is 47.5 Å². The zero-order valence-corrected chi connectivity index (χ0v) is 17.2. The van der Waals surface area contributed by atoms with Gasteiger partial charge in [0, 0.05) is 0 Å². The van der Waals surface area contributed by atoms with Gasteiger partial charge in [-0.2, -0.15) is 13.2 Å². The normalized spacial score (nSPS) is 13.5. The van der Waals surface area contributed by atoms with Gasteiger partial charge in [0.05, 0.1) is 13.7 Å².